The Kier molecular flexibility index (Phi) is 17.7. The van der Waals surface area contributed by atoms with Crippen LogP contribution in [0, 0.1) is 0 Å². The van der Waals surface area contributed by atoms with E-state index >= 15 is 0 Å². The van der Waals surface area contributed by atoms with Gasteiger partial charge in [0, 0.05) is 86.0 Å². The van der Waals surface area contributed by atoms with Gasteiger partial charge in [-0.3, -0.25) is 38.5 Å². The molecule has 6 aromatic heterocycles. The molecule has 0 aliphatic rings. The summed E-state index contributed by atoms with van der Waals surface area (Å²) >= 11 is 0. The number of nitrogens with zero attached hydrogens (tertiary/aromatic N) is 8. The van der Waals surface area contributed by atoms with Gasteiger partial charge in [-0.05, 0) is 84.2 Å². The smallest absolute Gasteiger partial charge is 0.411 e. The van der Waals surface area contributed by atoms with Crippen LogP contribution in [0.3, 0.4) is 0 Å². The number of methoxy groups -OCH3 is 1. The summed E-state index contributed by atoms with van der Waals surface area (Å²) in [5.41, 5.74) is 2.00. The Balaban J connectivity index is 1.03. The minimum absolute atomic E-state index is 0.123. The van der Waals surface area contributed by atoms with Gasteiger partial charge in [-0.2, -0.15) is 0 Å². The summed E-state index contributed by atoms with van der Waals surface area (Å²) in [7, 11) is 14.9. The van der Waals surface area contributed by atoms with Crippen LogP contribution in [-0.4, -0.2) is 144 Å². The minimum atomic E-state index is -0.993. The summed E-state index contributed by atoms with van der Waals surface area (Å²) < 4.78 is 19.4. The fourth-order valence-electron chi connectivity index (χ4n) is 7.96. The van der Waals surface area contributed by atoms with Crippen LogP contribution in [0.25, 0.3) is 0 Å². The molecule has 0 spiro atoms. The second-order valence-electron chi connectivity index (χ2n) is 19.5. The molecule has 77 heavy (non-hydrogen) atoms. The minimum Gasteiger partial charge on any atom is -0.464 e. The third-order valence-electron chi connectivity index (χ3n) is 11.6. The molecule has 0 saturated carbocycles. The van der Waals surface area contributed by atoms with Crippen molar-refractivity contribution in [2.24, 2.45) is 42.3 Å². The molecule has 6 rings (SSSR count). The highest BCUT2D eigenvalue weighted by Gasteiger charge is 2.28. The van der Waals surface area contributed by atoms with Crippen LogP contribution in [0.15, 0.2) is 73.6 Å². The van der Waals surface area contributed by atoms with Gasteiger partial charge in [0.05, 0.1) is 41.2 Å². The molecule has 7 N–H and O–H groups in total. The highest BCUT2D eigenvalue weighted by atomic mass is 16.6. The number of ether oxygens (including phenoxy) is 2. The summed E-state index contributed by atoms with van der Waals surface area (Å²) in [5.74, 6) is -4.43. The van der Waals surface area contributed by atoms with Crippen LogP contribution in [0.2, 0.25) is 0 Å². The second kappa shape index (κ2) is 23.9. The number of carbonyl (C=O) groups is 9. The summed E-state index contributed by atoms with van der Waals surface area (Å²) in [4.78, 5) is 121. The van der Waals surface area contributed by atoms with Crippen molar-refractivity contribution in [2.75, 3.05) is 79.3 Å². The van der Waals surface area contributed by atoms with Crippen molar-refractivity contribution >= 4 is 87.5 Å². The third kappa shape index (κ3) is 14.9. The SMILES string of the molecule is COC(=O)c1cc(NC(=O)c2cc(NC(=O)c3cc(NC(=O)CN(CC(=O)Nc4cc(C(=O)Nc5cc(C(=O)Nc6cc(C(=O)NCCCN(C)C)n(C)c6)n(C)c5)n(C)c4)C(=O)OC(C)(C)C)cn3C)cn2C)cn1C. The topological polar surface area (TPSA) is 292 Å². The maximum Gasteiger partial charge on any atom is 0.411 e. The van der Waals surface area contributed by atoms with Crippen LogP contribution in [0.1, 0.15) is 90.1 Å². The third-order valence-corrected chi connectivity index (χ3v) is 11.6. The maximum absolute atomic E-state index is 13.5. The number of carbonyl (C=O) groups excluding carboxylic acids is 9. The summed E-state index contributed by atoms with van der Waals surface area (Å²) in [5, 5.41) is 19.2. The standard InChI is InChI=1S/C51H65N15O11/c1-51(2,3)77-50(75)66(29-43(68)54-31-17-38(62(8)23-31)46(71)57-34-20-40(64(10)26-34)48(73)58-35-21-41(49(74)76-12)65(11)27-35)28-42(67)53-30-16-37(61(7)22-30)45(70)56-33-19-39(63(9)25-33)47(72)55-32-18-36(60(6)24-32)44(69)52-14-13-15-59(4)5/h16-27H,13-15,28-29H2,1-12H3,(H,52,69)(H,53,67)(H,54,68)(H,55,72)(H,56,70)(H,57,71)(H,58,73). The molecule has 0 saturated heterocycles. The summed E-state index contributed by atoms with van der Waals surface area (Å²) in [6.07, 6.45) is 9.03. The first kappa shape index (κ1) is 57.0. The van der Waals surface area contributed by atoms with E-state index in [4.69, 9.17) is 9.47 Å². The fourth-order valence-corrected chi connectivity index (χ4v) is 7.96. The molecule has 0 bridgehead atoms. The van der Waals surface area contributed by atoms with E-state index in [-0.39, 0.29) is 45.8 Å². The first-order chi connectivity index (χ1) is 36.2. The number of amides is 8. The zero-order chi connectivity index (χ0) is 56.6. The van der Waals surface area contributed by atoms with Crippen molar-refractivity contribution in [3.05, 3.63) is 108 Å². The van der Waals surface area contributed by atoms with Gasteiger partial charge in [0.2, 0.25) is 11.8 Å². The molecule has 6 aromatic rings. The molecular weight excluding hydrogens is 999 g/mol. The number of nitrogens with one attached hydrogen (secondary N) is 7. The van der Waals surface area contributed by atoms with E-state index in [1.54, 1.807) is 92.3 Å². The van der Waals surface area contributed by atoms with E-state index in [0.29, 0.717) is 35.0 Å². The molecule has 0 fully saturated rings. The van der Waals surface area contributed by atoms with Gasteiger partial charge in [0.1, 0.15) is 52.9 Å². The number of rotatable bonds is 20. The van der Waals surface area contributed by atoms with Crippen LogP contribution in [-0.2, 0) is 61.3 Å². The van der Waals surface area contributed by atoms with E-state index in [0.717, 1.165) is 17.9 Å². The lowest BCUT2D eigenvalue weighted by molar-refractivity contribution is -0.120. The zero-order valence-electron chi connectivity index (χ0n) is 45.0. The summed E-state index contributed by atoms with van der Waals surface area (Å²) in [6, 6.07) is 8.80. The molecule has 0 atom stereocenters. The molecule has 410 valence electrons. The van der Waals surface area contributed by atoms with Gasteiger partial charge in [0.15, 0.2) is 0 Å². The van der Waals surface area contributed by atoms with E-state index < -0.39 is 66.2 Å². The lowest BCUT2D eigenvalue weighted by Gasteiger charge is -2.26. The Labute approximate surface area is 443 Å². The largest absolute Gasteiger partial charge is 0.464 e. The van der Waals surface area contributed by atoms with E-state index in [2.05, 4.69) is 37.2 Å². The Hall–Kier alpha value is -9.33. The predicted octanol–water partition coefficient (Wildman–Crippen LogP) is 4.01. The molecule has 0 unspecified atom stereocenters. The first-order valence-corrected chi connectivity index (χ1v) is 24.0. The normalized spacial score (nSPS) is 11.2. The molecule has 0 aliphatic carbocycles. The van der Waals surface area contributed by atoms with Crippen molar-refractivity contribution in [2.45, 2.75) is 32.8 Å². The molecule has 26 heteroatoms. The maximum atomic E-state index is 13.5. The van der Waals surface area contributed by atoms with Gasteiger partial charge in [-0.25, -0.2) is 9.59 Å². The van der Waals surface area contributed by atoms with Crippen molar-refractivity contribution in [3.8, 4) is 0 Å². The fraction of sp³-hybridized carbons (Fsp3) is 0.353. The van der Waals surface area contributed by atoms with E-state index in [1.807, 2.05) is 19.0 Å². The average molecular weight is 1060 g/mol. The number of esters is 1. The Morgan fingerprint density at radius 3 is 1.08 bits per heavy atom. The number of hydrogen-bond acceptors (Lipinski definition) is 12. The lowest BCUT2D eigenvalue weighted by atomic mass is 10.2. The van der Waals surface area contributed by atoms with Gasteiger partial charge in [-0.15, -0.1) is 0 Å². The van der Waals surface area contributed by atoms with Crippen molar-refractivity contribution in [1.82, 2.24) is 42.5 Å². The molecule has 0 aromatic carbocycles. The number of hydrogen-bond donors (Lipinski definition) is 7. The Morgan fingerprint density at radius 2 is 0.766 bits per heavy atom. The van der Waals surface area contributed by atoms with Crippen LogP contribution in [0.5, 0.6) is 0 Å². The molecular formula is C51H65N15O11. The average Bonchev–Trinajstić information content (AvgIpc) is 4.20. The van der Waals surface area contributed by atoms with Gasteiger partial charge < -0.3 is 79.0 Å². The lowest BCUT2D eigenvalue weighted by Crippen LogP contribution is -2.45. The molecule has 8 amide bonds. The number of anilines is 6. The van der Waals surface area contributed by atoms with Crippen LogP contribution < -0.4 is 37.2 Å². The molecule has 0 aliphatic heterocycles. The van der Waals surface area contributed by atoms with Crippen LogP contribution >= 0.6 is 0 Å². The van der Waals surface area contributed by atoms with Gasteiger partial charge in [-0.1, -0.05) is 0 Å². The first-order valence-electron chi connectivity index (χ1n) is 24.0. The molecule has 0 radical (unpaired) electrons. The quantitative estimate of drug-likeness (QED) is 0.0422. The van der Waals surface area contributed by atoms with Gasteiger partial charge in [0.25, 0.3) is 29.5 Å². The highest BCUT2D eigenvalue weighted by Crippen LogP contribution is 2.23. The van der Waals surface area contributed by atoms with Gasteiger partial charge >= 0.3 is 12.1 Å². The van der Waals surface area contributed by atoms with Crippen molar-refractivity contribution in [3.63, 3.8) is 0 Å². The van der Waals surface area contributed by atoms with Crippen molar-refractivity contribution < 1.29 is 52.6 Å². The summed E-state index contributed by atoms with van der Waals surface area (Å²) in [6.45, 7) is 4.91. The Morgan fingerprint density at radius 1 is 0.468 bits per heavy atom. The monoisotopic (exact) mass is 1060 g/mol. The number of aryl methyl sites for hydroxylation is 6. The zero-order valence-corrected chi connectivity index (χ0v) is 45.0. The predicted molar refractivity (Wildman–Crippen MR) is 286 cm³/mol. The second-order valence-corrected chi connectivity index (χ2v) is 19.5. The Bertz CT molecular complexity index is 3240. The molecule has 26 nitrogen and oxygen atoms in total. The van der Waals surface area contributed by atoms with Crippen LogP contribution in [0.4, 0.5) is 38.9 Å². The molecule has 6 heterocycles. The highest BCUT2D eigenvalue weighted by molar-refractivity contribution is 6.09. The number of aromatic nitrogens is 6. The van der Waals surface area contributed by atoms with E-state index in [1.165, 1.54) is 78.9 Å². The van der Waals surface area contributed by atoms with E-state index in [9.17, 15) is 43.2 Å². The van der Waals surface area contributed by atoms with Crippen molar-refractivity contribution in [1.29, 1.82) is 0 Å².